The van der Waals surface area contributed by atoms with Crippen LogP contribution in [-0.2, 0) is 6.42 Å². The monoisotopic (exact) mass is 251 g/mol. The number of nitrogens with one attached hydrogen (secondary N) is 1. The third kappa shape index (κ3) is 3.10. The highest BCUT2D eigenvalue weighted by Crippen LogP contribution is 2.18. The van der Waals surface area contributed by atoms with Crippen molar-refractivity contribution in [3.05, 3.63) is 23.7 Å². The van der Waals surface area contributed by atoms with Crippen molar-refractivity contribution in [1.82, 2.24) is 19.7 Å². The van der Waals surface area contributed by atoms with Gasteiger partial charge < -0.3 is 0 Å². The van der Waals surface area contributed by atoms with Crippen LogP contribution in [0.5, 0.6) is 0 Å². The summed E-state index contributed by atoms with van der Waals surface area (Å²) in [7, 11) is 0. The van der Waals surface area contributed by atoms with Crippen LogP contribution >= 0.6 is 11.3 Å². The molecule has 0 atom stereocenters. The minimum Gasteiger partial charge on any atom is -0.281 e. The standard InChI is InChI=1S/C10H13N5OS/c1-7(2)5-8-13-14-9(17-8)12-10(16)15-4-3-11-6-15/h3-4,6-7H,5H2,1-2H3,(H,12,14,16). The Morgan fingerprint density at radius 3 is 3.00 bits per heavy atom. The summed E-state index contributed by atoms with van der Waals surface area (Å²) in [4.78, 5) is 15.5. The molecule has 0 unspecified atom stereocenters. The van der Waals surface area contributed by atoms with Crippen LogP contribution in [0, 0.1) is 5.92 Å². The zero-order valence-electron chi connectivity index (χ0n) is 9.62. The van der Waals surface area contributed by atoms with E-state index in [0.717, 1.165) is 11.4 Å². The Balaban J connectivity index is 1.99. The zero-order valence-corrected chi connectivity index (χ0v) is 10.4. The Kier molecular flexibility index (Phi) is 3.48. The molecular weight excluding hydrogens is 238 g/mol. The lowest BCUT2D eigenvalue weighted by molar-refractivity contribution is 0.253. The molecule has 0 saturated heterocycles. The van der Waals surface area contributed by atoms with Gasteiger partial charge in [0, 0.05) is 18.8 Å². The topological polar surface area (TPSA) is 72.7 Å². The first-order valence-electron chi connectivity index (χ1n) is 5.27. The van der Waals surface area contributed by atoms with Crippen molar-refractivity contribution >= 4 is 22.5 Å². The number of amides is 1. The van der Waals surface area contributed by atoms with Crippen LogP contribution in [0.1, 0.15) is 18.9 Å². The SMILES string of the molecule is CC(C)Cc1nnc(NC(=O)n2ccnc2)s1. The van der Waals surface area contributed by atoms with Gasteiger partial charge in [-0.3, -0.25) is 9.88 Å². The molecule has 1 N–H and O–H groups in total. The molecule has 2 aromatic rings. The molecular formula is C10H13N5OS. The molecule has 0 bridgehead atoms. The smallest absolute Gasteiger partial charge is 0.281 e. The Labute approximate surface area is 103 Å². The summed E-state index contributed by atoms with van der Waals surface area (Å²) in [6.45, 7) is 4.23. The van der Waals surface area contributed by atoms with E-state index < -0.39 is 0 Å². The van der Waals surface area contributed by atoms with Gasteiger partial charge in [0.1, 0.15) is 11.3 Å². The van der Waals surface area contributed by atoms with Crippen molar-refractivity contribution in [2.24, 2.45) is 5.92 Å². The van der Waals surface area contributed by atoms with E-state index in [4.69, 9.17) is 0 Å². The molecule has 0 aliphatic carbocycles. The number of anilines is 1. The van der Waals surface area contributed by atoms with Crippen molar-refractivity contribution in [2.45, 2.75) is 20.3 Å². The zero-order chi connectivity index (χ0) is 12.3. The largest absolute Gasteiger partial charge is 0.333 e. The highest BCUT2D eigenvalue weighted by molar-refractivity contribution is 7.15. The number of carbonyl (C=O) groups is 1. The second kappa shape index (κ2) is 5.05. The number of rotatable bonds is 3. The second-order valence-corrected chi connectivity index (χ2v) is 5.06. The van der Waals surface area contributed by atoms with Crippen LogP contribution < -0.4 is 5.32 Å². The van der Waals surface area contributed by atoms with Crippen molar-refractivity contribution in [3.63, 3.8) is 0 Å². The molecule has 7 heteroatoms. The lowest BCUT2D eigenvalue weighted by Gasteiger charge is -1.99. The summed E-state index contributed by atoms with van der Waals surface area (Å²) in [6.07, 6.45) is 5.43. The number of carbonyl (C=O) groups excluding carboxylic acids is 1. The predicted molar refractivity (Wildman–Crippen MR) is 65.1 cm³/mol. The summed E-state index contributed by atoms with van der Waals surface area (Å²) >= 11 is 1.40. The van der Waals surface area contributed by atoms with E-state index in [-0.39, 0.29) is 6.03 Å². The van der Waals surface area contributed by atoms with Gasteiger partial charge in [0.2, 0.25) is 5.13 Å². The van der Waals surface area contributed by atoms with Gasteiger partial charge in [-0.1, -0.05) is 25.2 Å². The van der Waals surface area contributed by atoms with Gasteiger partial charge in [0.25, 0.3) is 0 Å². The molecule has 0 fully saturated rings. The maximum atomic E-state index is 11.7. The number of hydrogen-bond acceptors (Lipinski definition) is 5. The van der Waals surface area contributed by atoms with E-state index in [1.165, 1.54) is 22.2 Å². The van der Waals surface area contributed by atoms with Crippen LogP contribution in [0.15, 0.2) is 18.7 Å². The number of hydrogen-bond donors (Lipinski definition) is 1. The van der Waals surface area contributed by atoms with Gasteiger partial charge in [0.05, 0.1) is 0 Å². The maximum absolute atomic E-state index is 11.7. The van der Waals surface area contributed by atoms with Crippen LogP contribution in [0.2, 0.25) is 0 Å². The number of imidazole rings is 1. The van der Waals surface area contributed by atoms with Crippen molar-refractivity contribution in [1.29, 1.82) is 0 Å². The van der Waals surface area contributed by atoms with Gasteiger partial charge in [-0.05, 0) is 5.92 Å². The van der Waals surface area contributed by atoms with E-state index in [0.29, 0.717) is 11.0 Å². The molecule has 0 aromatic carbocycles. The number of aromatic nitrogens is 4. The van der Waals surface area contributed by atoms with E-state index in [2.05, 4.69) is 34.3 Å². The molecule has 0 saturated carbocycles. The summed E-state index contributed by atoms with van der Waals surface area (Å²) in [5.41, 5.74) is 0. The normalized spacial score (nSPS) is 10.8. The lowest BCUT2D eigenvalue weighted by atomic mass is 10.1. The molecule has 1 amide bonds. The average Bonchev–Trinajstić information content (AvgIpc) is 2.87. The number of nitrogens with zero attached hydrogens (tertiary/aromatic N) is 4. The minimum absolute atomic E-state index is 0.283. The Bertz CT molecular complexity index is 491. The third-order valence-corrected chi connectivity index (χ3v) is 2.86. The minimum atomic E-state index is -0.283. The summed E-state index contributed by atoms with van der Waals surface area (Å²) in [5, 5.41) is 12.1. The van der Waals surface area contributed by atoms with Gasteiger partial charge >= 0.3 is 6.03 Å². The van der Waals surface area contributed by atoms with E-state index in [9.17, 15) is 4.79 Å². The van der Waals surface area contributed by atoms with Gasteiger partial charge in [-0.25, -0.2) is 9.78 Å². The molecule has 90 valence electrons. The molecule has 0 radical (unpaired) electrons. The lowest BCUT2D eigenvalue weighted by Crippen LogP contribution is -2.17. The first-order chi connectivity index (χ1) is 8.15. The highest BCUT2D eigenvalue weighted by Gasteiger charge is 2.09. The molecule has 0 aliphatic rings. The molecule has 2 aromatic heterocycles. The maximum Gasteiger partial charge on any atom is 0.333 e. The average molecular weight is 251 g/mol. The molecule has 2 rings (SSSR count). The highest BCUT2D eigenvalue weighted by atomic mass is 32.1. The Morgan fingerprint density at radius 1 is 1.53 bits per heavy atom. The Morgan fingerprint density at radius 2 is 2.35 bits per heavy atom. The molecule has 0 spiro atoms. The van der Waals surface area contributed by atoms with Gasteiger partial charge in [-0.15, -0.1) is 10.2 Å². The molecule has 6 nitrogen and oxygen atoms in total. The molecule has 0 aliphatic heterocycles. The fraction of sp³-hybridized carbons (Fsp3) is 0.400. The predicted octanol–water partition coefficient (Wildman–Crippen LogP) is 2.01. The fourth-order valence-corrected chi connectivity index (χ4v) is 2.21. The summed E-state index contributed by atoms with van der Waals surface area (Å²) in [6, 6.07) is -0.283. The Hall–Kier alpha value is -1.76. The molecule has 2 heterocycles. The van der Waals surface area contributed by atoms with E-state index >= 15 is 0 Å². The van der Waals surface area contributed by atoms with Crippen LogP contribution in [0.3, 0.4) is 0 Å². The molecule has 17 heavy (non-hydrogen) atoms. The third-order valence-electron chi connectivity index (χ3n) is 2.00. The van der Waals surface area contributed by atoms with Crippen molar-refractivity contribution in [2.75, 3.05) is 5.32 Å². The van der Waals surface area contributed by atoms with Crippen molar-refractivity contribution < 1.29 is 4.79 Å². The summed E-state index contributed by atoms with van der Waals surface area (Å²) in [5.74, 6) is 0.528. The quantitative estimate of drug-likeness (QED) is 0.905. The van der Waals surface area contributed by atoms with Gasteiger partial charge in [0.15, 0.2) is 0 Å². The fourth-order valence-electron chi connectivity index (χ4n) is 1.27. The van der Waals surface area contributed by atoms with Gasteiger partial charge in [-0.2, -0.15) is 0 Å². The van der Waals surface area contributed by atoms with E-state index in [1.54, 1.807) is 12.4 Å². The van der Waals surface area contributed by atoms with Crippen LogP contribution in [0.25, 0.3) is 0 Å². The van der Waals surface area contributed by atoms with E-state index in [1.807, 2.05) is 0 Å². The first-order valence-corrected chi connectivity index (χ1v) is 6.08. The van der Waals surface area contributed by atoms with Crippen molar-refractivity contribution in [3.8, 4) is 0 Å². The first kappa shape index (κ1) is 11.7. The van der Waals surface area contributed by atoms with Crippen LogP contribution in [-0.4, -0.2) is 25.8 Å². The summed E-state index contributed by atoms with van der Waals surface area (Å²) < 4.78 is 1.35. The second-order valence-electron chi connectivity index (χ2n) is 4.00. The van der Waals surface area contributed by atoms with Crippen LogP contribution in [0.4, 0.5) is 9.93 Å².